The lowest BCUT2D eigenvalue weighted by Crippen LogP contribution is -2.24. The van der Waals surface area contributed by atoms with Crippen molar-refractivity contribution in [2.24, 2.45) is 5.92 Å². The van der Waals surface area contributed by atoms with Crippen LogP contribution in [0.2, 0.25) is 0 Å². The van der Waals surface area contributed by atoms with Gasteiger partial charge in [-0.2, -0.15) is 0 Å². The van der Waals surface area contributed by atoms with Crippen LogP contribution < -0.4 is 5.32 Å². The minimum atomic E-state index is 0.0494. The fourth-order valence-corrected chi connectivity index (χ4v) is 0.751. The van der Waals surface area contributed by atoms with Crippen molar-refractivity contribution in [2.75, 3.05) is 6.54 Å². The molecule has 2 heteroatoms. The first-order chi connectivity index (χ1) is 5.20. The molecular weight excluding hydrogens is 138 g/mol. The summed E-state index contributed by atoms with van der Waals surface area (Å²) < 4.78 is 0. The zero-order valence-corrected chi connectivity index (χ0v) is 7.52. The smallest absolute Gasteiger partial charge is 0.219 e. The number of rotatable bonds is 5. The van der Waals surface area contributed by atoms with Crippen molar-refractivity contribution in [2.45, 2.75) is 33.1 Å². The lowest BCUT2D eigenvalue weighted by atomic mass is 10.1. The van der Waals surface area contributed by atoms with Gasteiger partial charge in [-0.15, -0.1) is 0 Å². The molecule has 0 aromatic heterocycles. The minimum absolute atomic E-state index is 0.0494. The number of nitrogens with one attached hydrogen (secondary N) is 1. The highest BCUT2D eigenvalue weighted by Crippen LogP contribution is 2.03. The van der Waals surface area contributed by atoms with Gasteiger partial charge in [-0.3, -0.25) is 4.79 Å². The lowest BCUT2D eigenvalue weighted by molar-refractivity contribution is -0.120. The number of amides is 1. The molecule has 1 radical (unpaired) electrons. The maximum absolute atomic E-state index is 10.7. The topological polar surface area (TPSA) is 29.1 Å². The molecule has 0 saturated carbocycles. The molecule has 0 aromatic rings. The third-order valence-corrected chi connectivity index (χ3v) is 1.88. The van der Waals surface area contributed by atoms with Gasteiger partial charge in [0.05, 0.1) is 0 Å². The van der Waals surface area contributed by atoms with Crippen molar-refractivity contribution in [3.05, 3.63) is 6.92 Å². The van der Waals surface area contributed by atoms with E-state index in [1.54, 1.807) is 0 Å². The van der Waals surface area contributed by atoms with Crippen LogP contribution in [0.15, 0.2) is 0 Å². The molecule has 0 heterocycles. The molecule has 0 aliphatic heterocycles. The monoisotopic (exact) mass is 156 g/mol. The minimum Gasteiger partial charge on any atom is -0.356 e. The van der Waals surface area contributed by atoms with E-state index in [2.05, 4.69) is 26.1 Å². The normalized spacial score (nSPS) is 12.6. The van der Waals surface area contributed by atoms with E-state index in [-0.39, 0.29) is 5.91 Å². The summed E-state index contributed by atoms with van der Waals surface area (Å²) in [7, 11) is 0. The molecule has 0 saturated heterocycles. The van der Waals surface area contributed by atoms with Crippen molar-refractivity contribution in [3.63, 3.8) is 0 Å². The fourth-order valence-electron chi connectivity index (χ4n) is 0.751. The lowest BCUT2D eigenvalue weighted by Gasteiger charge is -2.08. The molecule has 1 atom stereocenters. The second-order valence-corrected chi connectivity index (χ2v) is 2.90. The summed E-state index contributed by atoms with van der Waals surface area (Å²) in [6.07, 6.45) is 2.60. The zero-order valence-electron chi connectivity index (χ0n) is 7.52. The first kappa shape index (κ1) is 10.5. The summed E-state index contributed by atoms with van der Waals surface area (Å²) in [5, 5.41) is 2.80. The molecule has 1 unspecified atom stereocenters. The van der Waals surface area contributed by atoms with Gasteiger partial charge in [-0.25, -0.2) is 0 Å². The molecule has 11 heavy (non-hydrogen) atoms. The van der Waals surface area contributed by atoms with Gasteiger partial charge < -0.3 is 5.32 Å². The Kier molecular flexibility index (Phi) is 5.90. The second kappa shape index (κ2) is 6.20. The van der Waals surface area contributed by atoms with Crippen LogP contribution in [0.1, 0.15) is 33.1 Å². The van der Waals surface area contributed by atoms with E-state index in [9.17, 15) is 4.79 Å². The van der Waals surface area contributed by atoms with Crippen LogP contribution >= 0.6 is 0 Å². The third-order valence-electron chi connectivity index (χ3n) is 1.88. The standard InChI is InChI=1S/C9H18NO/c1-4-8(3)6-7-10-9(11)5-2/h8H,2,4-7H2,1,3H3,(H,10,11). The molecule has 0 bridgehead atoms. The molecule has 0 spiro atoms. The number of hydrogen-bond acceptors (Lipinski definition) is 1. The first-order valence-electron chi connectivity index (χ1n) is 4.26. The Morgan fingerprint density at radius 2 is 2.27 bits per heavy atom. The fraction of sp³-hybridized carbons (Fsp3) is 0.778. The average Bonchev–Trinajstić information content (AvgIpc) is 2.04. The van der Waals surface area contributed by atoms with Crippen molar-refractivity contribution in [3.8, 4) is 0 Å². The van der Waals surface area contributed by atoms with Crippen LogP contribution in [-0.2, 0) is 4.79 Å². The number of carbonyl (C=O) groups is 1. The van der Waals surface area contributed by atoms with E-state index < -0.39 is 0 Å². The maximum Gasteiger partial charge on any atom is 0.219 e. The number of carbonyl (C=O) groups excluding carboxylic acids is 1. The van der Waals surface area contributed by atoms with E-state index in [1.807, 2.05) is 0 Å². The number of hydrogen-bond donors (Lipinski definition) is 1. The first-order valence-corrected chi connectivity index (χ1v) is 4.26. The Hall–Kier alpha value is -0.530. The third kappa shape index (κ3) is 5.89. The van der Waals surface area contributed by atoms with Gasteiger partial charge in [-0.05, 0) is 19.3 Å². The van der Waals surface area contributed by atoms with E-state index >= 15 is 0 Å². The Morgan fingerprint density at radius 3 is 2.73 bits per heavy atom. The van der Waals surface area contributed by atoms with Gasteiger partial charge in [0.2, 0.25) is 5.91 Å². The van der Waals surface area contributed by atoms with Crippen LogP contribution in [-0.4, -0.2) is 12.5 Å². The van der Waals surface area contributed by atoms with Crippen LogP contribution in [0, 0.1) is 12.8 Å². The van der Waals surface area contributed by atoms with Crippen molar-refractivity contribution in [1.29, 1.82) is 0 Å². The maximum atomic E-state index is 10.7. The van der Waals surface area contributed by atoms with Crippen molar-refractivity contribution >= 4 is 5.91 Å². The highest BCUT2D eigenvalue weighted by molar-refractivity contribution is 5.76. The van der Waals surface area contributed by atoms with Crippen molar-refractivity contribution in [1.82, 2.24) is 5.32 Å². The average molecular weight is 156 g/mol. The predicted octanol–water partition coefficient (Wildman–Crippen LogP) is 1.76. The van der Waals surface area contributed by atoms with E-state index in [1.165, 1.54) is 6.42 Å². The molecule has 65 valence electrons. The van der Waals surface area contributed by atoms with Gasteiger partial charge in [0.15, 0.2) is 0 Å². The van der Waals surface area contributed by atoms with Gasteiger partial charge >= 0.3 is 0 Å². The Balaban J connectivity index is 3.20. The molecule has 0 aliphatic carbocycles. The Bertz CT molecular complexity index is 112. The predicted molar refractivity (Wildman–Crippen MR) is 47.1 cm³/mol. The molecule has 0 fully saturated rings. The molecule has 0 rings (SSSR count). The molecule has 1 amide bonds. The second-order valence-electron chi connectivity index (χ2n) is 2.90. The Morgan fingerprint density at radius 1 is 1.64 bits per heavy atom. The van der Waals surface area contributed by atoms with E-state index in [0.717, 1.165) is 13.0 Å². The van der Waals surface area contributed by atoms with Crippen LogP contribution in [0.5, 0.6) is 0 Å². The van der Waals surface area contributed by atoms with E-state index in [0.29, 0.717) is 12.3 Å². The van der Waals surface area contributed by atoms with Gasteiger partial charge in [0, 0.05) is 13.0 Å². The van der Waals surface area contributed by atoms with Gasteiger partial charge in [0.25, 0.3) is 0 Å². The molecule has 2 nitrogen and oxygen atoms in total. The Labute approximate surface area is 69.4 Å². The van der Waals surface area contributed by atoms with Gasteiger partial charge in [-0.1, -0.05) is 20.3 Å². The van der Waals surface area contributed by atoms with Gasteiger partial charge in [0.1, 0.15) is 0 Å². The molecule has 1 N–H and O–H groups in total. The van der Waals surface area contributed by atoms with Crippen LogP contribution in [0.25, 0.3) is 0 Å². The highest BCUT2D eigenvalue weighted by atomic mass is 16.1. The SMILES string of the molecule is [CH2]CC(=O)NCCC(C)CC. The van der Waals surface area contributed by atoms with Crippen LogP contribution in [0.4, 0.5) is 0 Å². The molecular formula is C9H18NO. The van der Waals surface area contributed by atoms with Crippen molar-refractivity contribution < 1.29 is 4.79 Å². The van der Waals surface area contributed by atoms with E-state index in [4.69, 9.17) is 0 Å². The summed E-state index contributed by atoms with van der Waals surface area (Å²) in [4.78, 5) is 10.7. The summed E-state index contributed by atoms with van der Waals surface area (Å²) >= 11 is 0. The van der Waals surface area contributed by atoms with Crippen LogP contribution in [0.3, 0.4) is 0 Å². The summed E-state index contributed by atoms with van der Waals surface area (Å²) in [5.41, 5.74) is 0. The summed E-state index contributed by atoms with van der Waals surface area (Å²) in [6, 6.07) is 0. The molecule has 0 aliphatic rings. The summed E-state index contributed by atoms with van der Waals surface area (Å²) in [5.74, 6) is 0.758. The zero-order chi connectivity index (χ0) is 8.69. The highest BCUT2D eigenvalue weighted by Gasteiger charge is 1.99. The quantitative estimate of drug-likeness (QED) is 0.645. The summed E-state index contributed by atoms with van der Waals surface area (Å²) in [6.45, 7) is 8.64. The molecule has 0 aromatic carbocycles. The largest absolute Gasteiger partial charge is 0.356 e.